The Bertz CT molecular complexity index is 1040. The Labute approximate surface area is 418 Å². The summed E-state index contributed by atoms with van der Waals surface area (Å²) in [5, 5.41) is 0. The van der Waals surface area contributed by atoms with Gasteiger partial charge in [0.1, 0.15) is 19.3 Å². The number of quaternary nitrogens is 1. The Morgan fingerprint density at radius 2 is 0.687 bits per heavy atom. The van der Waals surface area contributed by atoms with Crippen molar-refractivity contribution in [2.45, 2.75) is 315 Å². The molecular weight excluding hydrogens is 854 g/mol. The maximum absolute atomic E-state index is 12.8. The van der Waals surface area contributed by atoms with Crippen molar-refractivity contribution in [3.63, 3.8) is 0 Å². The van der Waals surface area contributed by atoms with Crippen LogP contribution in [0.15, 0.2) is 0 Å². The number of phosphoric ester groups is 1. The third-order valence-electron chi connectivity index (χ3n) is 13.7. The van der Waals surface area contributed by atoms with E-state index in [-0.39, 0.29) is 25.8 Å². The Morgan fingerprint density at radius 1 is 0.403 bits per heavy atom. The van der Waals surface area contributed by atoms with Crippen molar-refractivity contribution in [2.75, 3.05) is 54.1 Å². The number of phosphoric acid groups is 1. The summed E-state index contributed by atoms with van der Waals surface area (Å²) < 4.78 is 34.9. The van der Waals surface area contributed by atoms with Gasteiger partial charge in [-0.3, -0.25) is 9.36 Å². The second-order valence-corrected chi connectivity index (χ2v) is 23.1. The number of unbranched alkanes of at least 4 members (excludes halogenated alkanes) is 43. The highest BCUT2D eigenvalue weighted by atomic mass is 31.2. The van der Waals surface area contributed by atoms with Crippen LogP contribution in [0.4, 0.5) is 0 Å². The first-order chi connectivity index (χ1) is 32.6. The minimum atomic E-state index is -4.53. The van der Waals surface area contributed by atoms with Crippen LogP contribution < -0.4 is 4.89 Å². The van der Waals surface area contributed by atoms with Crippen molar-refractivity contribution in [1.29, 1.82) is 0 Å². The summed E-state index contributed by atoms with van der Waals surface area (Å²) in [6.07, 6.45) is 60.1. The average Bonchev–Trinajstić information content (AvgIpc) is 3.29. The molecular formula is C58H118NO7P. The summed E-state index contributed by atoms with van der Waals surface area (Å²) in [7, 11) is 1.38. The molecule has 2 unspecified atom stereocenters. The van der Waals surface area contributed by atoms with Crippen molar-refractivity contribution in [3.05, 3.63) is 0 Å². The number of carbonyl (C=O) groups excluding carboxylic acids is 1. The molecule has 0 amide bonds. The van der Waals surface area contributed by atoms with Crippen LogP contribution in [0, 0.1) is 0 Å². The zero-order valence-electron chi connectivity index (χ0n) is 45.9. The van der Waals surface area contributed by atoms with Crippen molar-refractivity contribution >= 4 is 13.8 Å². The highest BCUT2D eigenvalue weighted by Gasteiger charge is 2.20. The molecule has 0 rings (SSSR count). The standard InChI is InChI=1S/C58H118NO7P/c1-6-8-10-12-14-16-18-20-22-24-26-28-29-30-31-32-33-35-37-39-41-43-45-47-49-51-58(60)66-57(56-65-67(61,62)64-54-52-59(3,4)5)55-63-53-50-48-46-44-42-40-38-36-34-27-25-23-21-19-17-15-13-11-9-7-2/h57H,6-56H2,1-5H3. The maximum atomic E-state index is 12.8. The summed E-state index contributed by atoms with van der Waals surface area (Å²) >= 11 is 0. The molecule has 402 valence electrons. The first kappa shape index (κ1) is 66.5. The highest BCUT2D eigenvalue weighted by molar-refractivity contribution is 7.45. The van der Waals surface area contributed by atoms with E-state index in [1.54, 1.807) is 0 Å². The molecule has 0 saturated heterocycles. The number of hydrogen-bond acceptors (Lipinski definition) is 7. The third-order valence-corrected chi connectivity index (χ3v) is 14.6. The molecule has 0 N–H and O–H groups in total. The van der Waals surface area contributed by atoms with Gasteiger partial charge in [0.05, 0.1) is 34.4 Å². The number of rotatable bonds is 57. The molecule has 0 heterocycles. The van der Waals surface area contributed by atoms with Gasteiger partial charge >= 0.3 is 5.97 Å². The molecule has 0 aliphatic rings. The molecule has 0 aromatic carbocycles. The molecule has 0 radical (unpaired) electrons. The second-order valence-electron chi connectivity index (χ2n) is 21.7. The normalized spacial score (nSPS) is 13.3. The molecule has 0 aliphatic carbocycles. The lowest BCUT2D eigenvalue weighted by Gasteiger charge is -2.28. The topological polar surface area (TPSA) is 94.1 Å². The van der Waals surface area contributed by atoms with Crippen molar-refractivity contribution in [1.82, 2.24) is 0 Å². The van der Waals surface area contributed by atoms with Gasteiger partial charge in [-0.1, -0.05) is 290 Å². The van der Waals surface area contributed by atoms with Crippen LogP contribution >= 0.6 is 7.82 Å². The number of nitrogens with zero attached hydrogens (tertiary/aromatic N) is 1. The summed E-state index contributed by atoms with van der Waals surface area (Å²) in [6, 6.07) is 0. The lowest BCUT2D eigenvalue weighted by Crippen LogP contribution is -2.37. The SMILES string of the molecule is CCCCCCCCCCCCCCCCCCCCCCCCCCCC(=O)OC(COCCCCCCCCCCCCCCCCCCCCCC)COP(=O)([O-])OCC[N+](C)(C)C. The molecule has 0 spiro atoms. The van der Waals surface area contributed by atoms with E-state index >= 15 is 0 Å². The number of esters is 1. The molecule has 9 heteroatoms. The Hall–Kier alpha value is -0.500. The lowest BCUT2D eigenvalue weighted by atomic mass is 10.0. The van der Waals surface area contributed by atoms with Crippen LogP contribution in [0.1, 0.15) is 309 Å². The van der Waals surface area contributed by atoms with Gasteiger partial charge in [-0.2, -0.15) is 0 Å². The van der Waals surface area contributed by atoms with Gasteiger partial charge in [-0.25, -0.2) is 0 Å². The fourth-order valence-corrected chi connectivity index (χ4v) is 9.81. The third kappa shape index (κ3) is 56.3. The molecule has 0 fully saturated rings. The molecule has 2 atom stereocenters. The summed E-state index contributed by atoms with van der Waals surface area (Å²) in [5.41, 5.74) is 0. The largest absolute Gasteiger partial charge is 0.756 e. The lowest BCUT2D eigenvalue weighted by molar-refractivity contribution is -0.870. The van der Waals surface area contributed by atoms with E-state index in [1.165, 1.54) is 257 Å². The van der Waals surface area contributed by atoms with Crippen molar-refractivity contribution < 1.29 is 37.3 Å². The summed E-state index contributed by atoms with van der Waals surface area (Å²) in [4.78, 5) is 25.3. The molecule has 67 heavy (non-hydrogen) atoms. The monoisotopic (exact) mass is 972 g/mol. The van der Waals surface area contributed by atoms with E-state index in [4.69, 9.17) is 18.5 Å². The van der Waals surface area contributed by atoms with Gasteiger partial charge in [0, 0.05) is 13.0 Å². The van der Waals surface area contributed by atoms with Crippen molar-refractivity contribution in [2.24, 2.45) is 0 Å². The van der Waals surface area contributed by atoms with Gasteiger partial charge in [0.25, 0.3) is 7.82 Å². The van der Waals surface area contributed by atoms with E-state index in [9.17, 15) is 14.3 Å². The zero-order chi connectivity index (χ0) is 49.0. The number of carbonyl (C=O) groups is 1. The molecule has 0 aromatic rings. The number of hydrogen-bond donors (Lipinski definition) is 0. The first-order valence-electron chi connectivity index (χ1n) is 29.8. The first-order valence-corrected chi connectivity index (χ1v) is 31.2. The number of ether oxygens (including phenoxy) is 2. The van der Waals surface area contributed by atoms with E-state index in [1.807, 2.05) is 21.1 Å². The van der Waals surface area contributed by atoms with E-state index in [2.05, 4.69) is 13.8 Å². The van der Waals surface area contributed by atoms with E-state index < -0.39 is 13.9 Å². The van der Waals surface area contributed by atoms with Gasteiger partial charge < -0.3 is 27.9 Å². The van der Waals surface area contributed by atoms with Crippen molar-refractivity contribution in [3.8, 4) is 0 Å². The van der Waals surface area contributed by atoms with Crippen LogP contribution in [0.25, 0.3) is 0 Å². The fourth-order valence-electron chi connectivity index (χ4n) is 9.08. The molecule has 0 aromatic heterocycles. The highest BCUT2D eigenvalue weighted by Crippen LogP contribution is 2.38. The van der Waals surface area contributed by atoms with Gasteiger partial charge in [-0.05, 0) is 12.8 Å². The quantitative estimate of drug-likeness (QED) is 0.0259. The van der Waals surface area contributed by atoms with Crippen LogP contribution in [0.3, 0.4) is 0 Å². The van der Waals surface area contributed by atoms with Crippen LogP contribution in [0.5, 0.6) is 0 Å². The minimum absolute atomic E-state index is 0.0320. The Kier molecular flexibility index (Phi) is 51.5. The van der Waals surface area contributed by atoms with Gasteiger partial charge in [0.2, 0.25) is 0 Å². The maximum Gasteiger partial charge on any atom is 0.306 e. The second kappa shape index (κ2) is 51.8. The molecule has 0 aliphatic heterocycles. The predicted molar refractivity (Wildman–Crippen MR) is 287 cm³/mol. The summed E-state index contributed by atoms with van der Waals surface area (Å²) in [5.74, 6) is -0.322. The average molecular weight is 973 g/mol. The molecule has 8 nitrogen and oxygen atoms in total. The van der Waals surface area contributed by atoms with E-state index in [0.29, 0.717) is 24.1 Å². The zero-order valence-corrected chi connectivity index (χ0v) is 46.8. The van der Waals surface area contributed by atoms with Crippen LogP contribution in [-0.4, -0.2) is 70.7 Å². The summed E-state index contributed by atoms with van der Waals surface area (Å²) in [6.45, 7) is 5.51. The van der Waals surface area contributed by atoms with Gasteiger partial charge in [-0.15, -0.1) is 0 Å². The Morgan fingerprint density at radius 3 is 0.985 bits per heavy atom. The van der Waals surface area contributed by atoms with Crippen LogP contribution in [0.2, 0.25) is 0 Å². The van der Waals surface area contributed by atoms with Crippen LogP contribution in [-0.2, 0) is 27.9 Å². The molecule has 0 bridgehead atoms. The predicted octanol–water partition coefficient (Wildman–Crippen LogP) is 18.1. The molecule has 0 saturated carbocycles. The fraction of sp³-hybridized carbons (Fsp3) is 0.983. The van der Waals surface area contributed by atoms with Gasteiger partial charge in [0.15, 0.2) is 0 Å². The number of likely N-dealkylation sites (N-methyl/N-ethyl adjacent to an activating group) is 1. The Balaban J connectivity index is 3.98. The minimum Gasteiger partial charge on any atom is -0.756 e. The smallest absolute Gasteiger partial charge is 0.306 e. The van der Waals surface area contributed by atoms with E-state index in [0.717, 1.165) is 32.1 Å².